The fourth-order valence-electron chi connectivity index (χ4n) is 8.28. The minimum atomic E-state index is -1.52. The van der Waals surface area contributed by atoms with E-state index >= 15 is 0 Å². The summed E-state index contributed by atoms with van der Waals surface area (Å²) in [6.07, 6.45) is 0. The molecule has 0 saturated carbocycles. The monoisotopic (exact) mass is 732 g/mol. The highest BCUT2D eigenvalue weighted by Gasteiger charge is 2.24. The van der Waals surface area contributed by atoms with Crippen molar-refractivity contribution >= 4 is 70.1 Å². The summed E-state index contributed by atoms with van der Waals surface area (Å²) in [5.74, 6) is 0. The lowest BCUT2D eigenvalue weighted by atomic mass is 9.97. The van der Waals surface area contributed by atoms with Gasteiger partial charge in [0.15, 0.2) is 0 Å². The molecule has 0 N–H and O–H groups in total. The Morgan fingerprint density at radius 1 is 0.352 bits per heavy atom. The minimum absolute atomic E-state index is 1.18. The van der Waals surface area contributed by atoms with Crippen molar-refractivity contribution in [3.8, 4) is 33.6 Å². The van der Waals surface area contributed by atoms with Crippen LogP contribution in [0.4, 0.5) is 0 Å². The molecule has 54 heavy (non-hydrogen) atoms. The second-order valence-electron chi connectivity index (χ2n) is 16.3. The Bertz CT molecular complexity index is 2860. The van der Waals surface area contributed by atoms with Crippen molar-refractivity contribution in [1.82, 2.24) is 9.13 Å². The Morgan fingerprint density at radius 2 is 0.796 bits per heavy atom. The van der Waals surface area contributed by atoms with Crippen LogP contribution in [0.25, 0.3) is 77.2 Å². The van der Waals surface area contributed by atoms with Gasteiger partial charge in [0.1, 0.15) is 0 Å². The van der Waals surface area contributed by atoms with Crippen LogP contribution in [0.2, 0.25) is 38.3 Å². The highest BCUT2D eigenvalue weighted by atomic mass is 28.3. The van der Waals surface area contributed by atoms with E-state index in [1.807, 2.05) is 0 Å². The molecule has 9 aromatic rings. The summed E-state index contributed by atoms with van der Waals surface area (Å²) in [7, 11) is -3.02. The molecule has 0 saturated heterocycles. The molecule has 7 aromatic carbocycles. The fourth-order valence-corrected chi connectivity index (χ4v) is 11.2. The van der Waals surface area contributed by atoms with Gasteiger partial charge < -0.3 is 9.13 Å². The van der Waals surface area contributed by atoms with E-state index in [4.69, 9.17) is 0 Å². The summed E-state index contributed by atoms with van der Waals surface area (Å²) in [5, 5.41) is 8.35. The van der Waals surface area contributed by atoms with Crippen LogP contribution in [0.3, 0.4) is 0 Å². The Morgan fingerprint density at radius 3 is 1.35 bits per heavy atom. The lowest BCUT2D eigenvalue weighted by Gasteiger charge is -2.21. The van der Waals surface area contributed by atoms with E-state index in [-0.39, 0.29) is 0 Å². The largest absolute Gasteiger partial charge is 0.309 e. The zero-order valence-electron chi connectivity index (χ0n) is 32.3. The Balaban J connectivity index is 1.26. The van der Waals surface area contributed by atoms with Gasteiger partial charge in [-0.1, -0.05) is 166 Å². The van der Waals surface area contributed by atoms with Crippen molar-refractivity contribution in [3.63, 3.8) is 0 Å². The quantitative estimate of drug-likeness (QED) is 0.138. The van der Waals surface area contributed by atoms with Gasteiger partial charge in [-0.15, -0.1) is 0 Å². The normalized spacial score (nSPS) is 12.4. The number of para-hydroxylation sites is 2. The Kier molecular flexibility index (Phi) is 8.37. The van der Waals surface area contributed by atoms with Crippen molar-refractivity contribution in [3.05, 3.63) is 158 Å². The summed E-state index contributed by atoms with van der Waals surface area (Å²) in [5.41, 5.74) is 12.2. The van der Waals surface area contributed by atoms with Gasteiger partial charge in [-0.2, -0.15) is 0 Å². The number of aromatic nitrogens is 2. The third kappa shape index (κ3) is 5.67. The molecule has 2 aromatic heterocycles. The van der Waals surface area contributed by atoms with E-state index in [9.17, 15) is 0 Å². The zero-order chi connectivity index (χ0) is 37.2. The van der Waals surface area contributed by atoms with E-state index in [1.165, 1.54) is 99.7 Å². The highest BCUT2D eigenvalue weighted by molar-refractivity contribution is 6.90. The molecule has 0 aliphatic heterocycles. The molecule has 2 heterocycles. The number of fused-ring (bicyclic) bond motifs is 6. The highest BCUT2D eigenvalue weighted by Crippen LogP contribution is 2.38. The summed E-state index contributed by atoms with van der Waals surface area (Å²) < 4.78 is 4.95. The first-order chi connectivity index (χ1) is 26.2. The maximum atomic E-state index is 2.50. The first-order valence-corrected chi connectivity index (χ1v) is 26.0. The molecule has 0 radical (unpaired) electrons. The van der Waals surface area contributed by atoms with Crippen LogP contribution in [-0.4, -0.2) is 25.3 Å². The summed E-state index contributed by atoms with van der Waals surface area (Å²) >= 11 is 0. The lowest BCUT2D eigenvalue weighted by molar-refractivity contribution is 1.17. The Hall–Kier alpha value is -5.43. The van der Waals surface area contributed by atoms with Crippen LogP contribution >= 0.6 is 0 Å². The number of rotatable bonds is 8. The van der Waals surface area contributed by atoms with Gasteiger partial charge in [-0.3, -0.25) is 0 Å². The summed E-state index contributed by atoms with van der Waals surface area (Å²) in [6.45, 7) is 14.6. The van der Waals surface area contributed by atoms with Crippen molar-refractivity contribution in [2.45, 2.75) is 52.1 Å². The predicted octanol–water partition coefficient (Wildman–Crippen LogP) is 13.1. The van der Waals surface area contributed by atoms with E-state index in [2.05, 4.69) is 207 Å². The van der Waals surface area contributed by atoms with Crippen LogP contribution < -0.4 is 10.4 Å². The molecule has 0 aliphatic carbocycles. The maximum Gasteiger partial charge on any atom is 0.0803 e. The van der Waals surface area contributed by atoms with Crippen LogP contribution in [0.15, 0.2) is 158 Å². The average molecular weight is 733 g/mol. The molecule has 4 heteroatoms. The molecule has 9 rings (SSSR count). The maximum absolute atomic E-state index is 2.50. The second kappa shape index (κ2) is 13.2. The molecule has 0 atom stereocenters. The zero-order valence-corrected chi connectivity index (χ0v) is 34.3. The average Bonchev–Trinajstić information content (AvgIpc) is 3.73. The van der Waals surface area contributed by atoms with Crippen molar-refractivity contribution in [1.29, 1.82) is 0 Å². The van der Waals surface area contributed by atoms with Gasteiger partial charge in [-0.25, -0.2) is 0 Å². The molecule has 2 nitrogen and oxygen atoms in total. The van der Waals surface area contributed by atoms with E-state index < -0.39 is 16.1 Å². The minimum Gasteiger partial charge on any atom is -0.309 e. The molecule has 0 fully saturated rings. The smallest absolute Gasteiger partial charge is 0.0803 e. The second-order valence-corrected chi connectivity index (χ2v) is 26.4. The Labute approximate surface area is 321 Å². The molecular formula is C50H48N2Si2. The first-order valence-electron chi connectivity index (χ1n) is 19.6. The molecule has 0 aliphatic rings. The van der Waals surface area contributed by atoms with Gasteiger partial charge in [0.25, 0.3) is 0 Å². The number of nitrogens with zero attached hydrogens (tertiary/aromatic N) is 2. The van der Waals surface area contributed by atoms with Gasteiger partial charge in [0.2, 0.25) is 0 Å². The molecule has 266 valence electrons. The number of hydrogen-bond donors (Lipinski definition) is 0. The fraction of sp³-hybridized carbons (Fsp3) is 0.160. The van der Waals surface area contributed by atoms with Crippen molar-refractivity contribution in [2.24, 2.45) is 0 Å². The molecule has 0 bridgehead atoms. The van der Waals surface area contributed by atoms with E-state index in [0.29, 0.717) is 0 Å². The first kappa shape index (κ1) is 34.3. The van der Waals surface area contributed by atoms with Crippen molar-refractivity contribution < 1.29 is 0 Å². The van der Waals surface area contributed by atoms with E-state index in [1.54, 1.807) is 0 Å². The van der Waals surface area contributed by atoms with E-state index in [0.717, 1.165) is 0 Å². The third-order valence-corrected chi connectivity index (χ3v) is 19.7. The van der Waals surface area contributed by atoms with Crippen LogP contribution in [0.5, 0.6) is 0 Å². The SMILES string of the molecule is CC[Si](C)(C)c1ccc2c(c1)c1ccccc1n2-c1cccc(-c2cc(-c3ccccc3)cc(-n3c4ccccc4c4cc([Si](C)(C)CC)ccc43)c2)c1. The molecular weight excluding hydrogens is 685 g/mol. The van der Waals surface area contributed by atoms with Gasteiger partial charge in [0.05, 0.1) is 38.2 Å². The summed E-state index contributed by atoms with van der Waals surface area (Å²) in [6, 6.07) is 62.0. The van der Waals surface area contributed by atoms with Crippen LogP contribution in [0, 0.1) is 0 Å². The standard InChI is InChI=1S/C50H48N2Si2/c1-7-53(3,4)41-25-27-49-45(33-41)43-21-12-14-23-47(43)51(49)39-20-16-19-36(30-39)38-29-37(35-17-10-9-11-18-35)31-40(32-38)52-48-24-15-13-22-44(48)46-34-42(26-28-50(46)52)54(5,6)8-2/h9-34H,7-8H2,1-6H3. The third-order valence-electron chi connectivity index (χ3n) is 12.4. The van der Waals surface area contributed by atoms with Gasteiger partial charge >= 0.3 is 0 Å². The van der Waals surface area contributed by atoms with Crippen molar-refractivity contribution in [2.75, 3.05) is 0 Å². The molecule has 0 amide bonds. The topological polar surface area (TPSA) is 9.86 Å². The number of hydrogen-bond acceptors (Lipinski definition) is 0. The van der Waals surface area contributed by atoms with Gasteiger partial charge in [0, 0.05) is 32.9 Å². The predicted molar refractivity (Wildman–Crippen MR) is 241 cm³/mol. The van der Waals surface area contributed by atoms with Crippen LogP contribution in [0.1, 0.15) is 13.8 Å². The number of benzene rings is 7. The molecule has 0 unspecified atom stereocenters. The molecule has 0 spiro atoms. The lowest BCUT2D eigenvalue weighted by Crippen LogP contribution is -2.40. The summed E-state index contributed by atoms with van der Waals surface area (Å²) in [4.78, 5) is 0. The van der Waals surface area contributed by atoms with Crippen LogP contribution in [-0.2, 0) is 0 Å². The van der Waals surface area contributed by atoms with Gasteiger partial charge in [-0.05, 0) is 76.9 Å².